The van der Waals surface area contributed by atoms with Gasteiger partial charge in [-0.3, -0.25) is 14.6 Å². The molecule has 3 nitrogen and oxygen atoms in total. The summed E-state index contributed by atoms with van der Waals surface area (Å²) in [6, 6.07) is 7.56. The van der Waals surface area contributed by atoms with Crippen LogP contribution in [0.4, 0.5) is 0 Å². The summed E-state index contributed by atoms with van der Waals surface area (Å²) in [6.07, 6.45) is 6.95. The van der Waals surface area contributed by atoms with Crippen molar-refractivity contribution in [3.05, 3.63) is 62.6 Å². The van der Waals surface area contributed by atoms with Gasteiger partial charge in [0.25, 0.3) is 0 Å². The smallest absolute Gasteiger partial charge is 0.211 e. The number of nitrogens with zero attached hydrogens (tertiary/aromatic N) is 1. The number of allylic oxidation sites excluding steroid dienone is 5. The van der Waals surface area contributed by atoms with Crippen LogP contribution >= 0.6 is 31.9 Å². The molecule has 1 aromatic carbocycles. The number of Topliss-reactive ketones (excluding diaryl/α,β-unsaturated/α-hetero) is 1. The molecule has 0 aromatic heterocycles. The van der Waals surface area contributed by atoms with Gasteiger partial charge in [0.15, 0.2) is 5.78 Å². The third-order valence-corrected chi connectivity index (χ3v) is 4.27. The van der Waals surface area contributed by atoms with Gasteiger partial charge in [-0.15, -0.1) is 0 Å². The van der Waals surface area contributed by atoms with Crippen molar-refractivity contribution in [2.45, 2.75) is 13.3 Å². The molecule has 1 aromatic rings. The van der Waals surface area contributed by atoms with E-state index in [0.717, 1.165) is 10.0 Å². The molecule has 0 spiro atoms. The molecule has 0 radical (unpaired) electrons. The Kier molecular flexibility index (Phi) is 6.42. The highest BCUT2D eigenvalue weighted by atomic mass is 79.9. The molecule has 1 aliphatic rings. The zero-order chi connectivity index (χ0) is 16.8. The van der Waals surface area contributed by atoms with Gasteiger partial charge in [-0.1, -0.05) is 56.1 Å². The van der Waals surface area contributed by atoms with Gasteiger partial charge in [0.1, 0.15) is 0 Å². The van der Waals surface area contributed by atoms with Crippen LogP contribution in [-0.4, -0.2) is 23.8 Å². The number of benzene rings is 1. The second kappa shape index (κ2) is 8.31. The summed E-state index contributed by atoms with van der Waals surface area (Å²) in [5.41, 5.74) is 1.44. The number of hydrogen-bond acceptors (Lipinski definition) is 3. The zero-order valence-corrected chi connectivity index (χ0v) is 15.7. The van der Waals surface area contributed by atoms with Crippen molar-refractivity contribution in [1.29, 1.82) is 0 Å². The van der Waals surface area contributed by atoms with Crippen LogP contribution in [0, 0.1) is 0 Å². The van der Waals surface area contributed by atoms with Crippen molar-refractivity contribution >= 4 is 55.2 Å². The molecule has 1 aliphatic carbocycles. The van der Waals surface area contributed by atoms with Gasteiger partial charge in [0, 0.05) is 21.9 Å². The number of ketones is 2. The van der Waals surface area contributed by atoms with E-state index >= 15 is 0 Å². The van der Waals surface area contributed by atoms with Crippen LogP contribution in [0.25, 0.3) is 6.08 Å². The highest BCUT2D eigenvalue weighted by molar-refractivity contribution is 9.12. The molecule has 0 unspecified atom stereocenters. The number of carbonyl (C=O) groups excluding carboxylic acids is 2. The SMILES string of the molecule is CCN=C1CC=C(Br)C=C(C(=O)/C=C/c2ccc(Br)cc2)C1=O. The Morgan fingerprint density at radius 1 is 1.26 bits per heavy atom. The number of aliphatic imine (C=N–C) groups is 1. The van der Waals surface area contributed by atoms with E-state index in [1.165, 1.54) is 6.08 Å². The molecule has 0 atom stereocenters. The summed E-state index contributed by atoms with van der Waals surface area (Å²) in [6.45, 7) is 2.38. The van der Waals surface area contributed by atoms with Crippen LogP contribution in [0.15, 0.2) is 62.0 Å². The summed E-state index contributed by atoms with van der Waals surface area (Å²) in [5.74, 6) is -0.628. The van der Waals surface area contributed by atoms with Crippen molar-refractivity contribution in [2.24, 2.45) is 4.99 Å². The van der Waals surface area contributed by atoms with Gasteiger partial charge in [-0.2, -0.15) is 0 Å². The first kappa shape index (κ1) is 17.8. The van der Waals surface area contributed by atoms with Crippen molar-refractivity contribution in [3.8, 4) is 0 Å². The minimum atomic E-state index is -0.325. The molecular weight excluding hydrogens is 422 g/mol. The van der Waals surface area contributed by atoms with E-state index in [-0.39, 0.29) is 17.1 Å². The fraction of sp³-hybridized carbons (Fsp3) is 0.167. The molecule has 0 aliphatic heterocycles. The molecular formula is C18H15Br2NO2. The highest BCUT2D eigenvalue weighted by Crippen LogP contribution is 2.19. The van der Waals surface area contributed by atoms with Crippen LogP contribution in [0.5, 0.6) is 0 Å². The van der Waals surface area contributed by atoms with E-state index in [4.69, 9.17) is 0 Å². The molecule has 0 saturated carbocycles. The van der Waals surface area contributed by atoms with Gasteiger partial charge in [-0.25, -0.2) is 0 Å². The van der Waals surface area contributed by atoms with Crippen LogP contribution < -0.4 is 0 Å². The summed E-state index contributed by atoms with van der Waals surface area (Å²) in [7, 11) is 0. The number of halogens is 2. The lowest BCUT2D eigenvalue weighted by molar-refractivity contribution is -0.116. The van der Waals surface area contributed by atoms with Crippen molar-refractivity contribution < 1.29 is 9.59 Å². The highest BCUT2D eigenvalue weighted by Gasteiger charge is 2.23. The van der Waals surface area contributed by atoms with Crippen molar-refractivity contribution in [3.63, 3.8) is 0 Å². The van der Waals surface area contributed by atoms with E-state index in [1.807, 2.05) is 37.3 Å². The number of hydrogen-bond donors (Lipinski definition) is 0. The van der Waals surface area contributed by atoms with Gasteiger partial charge in [-0.05, 0) is 36.8 Å². The molecule has 0 heterocycles. The molecule has 0 bridgehead atoms. The van der Waals surface area contributed by atoms with Crippen LogP contribution in [0.3, 0.4) is 0 Å². The quantitative estimate of drug-likeness (QED) is 0.508. The standard InChI is InChI=1S/C18H15Br2NO2/c1-2-21-16-9-8-14(20)11-15(18(16)23)17(22)10-5-12-3-6-13(19)7-4-12/h3-8,10-11H,2,9H2,1H3/b10-5+,21-16?. The summed E-state index contributed by atoms with van der Waals surface area (Å²) in [5, 5.41) is 0. The molecule has 0 saturated heterocycles. The maximum Gasteiger partial charge on any atom is 0.211 e. The molecule has 0 amide bonds. The molecule has 5 heteroatoms. The monoisotopic (exact) mass is 435 g/mol. The van der Waals surface area contributed by atoms with Crippen LogP contribution in [-0.2, 0) is 9.59 Å². The summed E-state index contributed by atoms with van der Waals surface area (Å²) in [4.78, 5) is 29.1. The van der Waals surface area contributed by atoms with E-state index < -0.39 is 0 Å². The van der Waals surface area contributed by atoms with E-state index in [9.17, 15) is 9.59 Å². The first-order chi connectivity index (χ1) is 11.0. The van der Waals surface area contributed by atoms with Crippen LogP contribution in [0.2, 0.25) is 0 Å². The fourth-order valence-corrected chi connectivity index (χ4v) is 2.71. The minimum Gasteiger partial charge on any atom is -0.289 e. The van der Waals surface area contributed by atoms with Gasteiger partial charge >= 0.3 is 0 Å². The Morgan fingerprint density at radius 2 is 1.96 bits per heavy atom. The minimum absolute atomic E-state index is 0.131. The zero-order valence-electron chi connectivity index (χ0n) is 12.6. The molecule has 2 rings (SSSR count). The molecule has 118 valence electrons. The Balaban J connectivity index is 2.25. The topological polar surface area (TPSA) is 46.5 Å². The Morgan fingerprint density at radius 3 is 2.61 bits per heavy atom. The average molecular weight is 437 g/mol. The lowest BCUT2D eigenvalue weighted by Crippen LogP contribution is -2.20. The lowest BCUT2D eigenvalue weighted by atomic mass is 10.0. The van der Waals surface area contributed by atoms with Gasteiger partial charge < -0.3 is 0 Å². The first-order valence-corrected chi connectivity index (χ1v) is 8.73. The van der Waals surface area contributed by atoms with E-state index in [1.54, 1.807) is 12.2 Å². The third kappa shape index (κ3) is 4.94. The van der Waals surface area contributed by atoms with Gasteiger partial charge in [0.05, 0.1) is 11.3 Å². The normalized spacial score (nSPS) is 17.2. The summed E-state index contributed by atoms with van der Waals surface area (Å²) >= 11 is 6.72. The van der Waals surface area contributed by atoms with E-state index in [2.05, 4.69) is 36.9 Å². The molecule has 23 heavy (non-hydrogen) atoms. The largest absolute Gasteiger partial charge is 0.289 e. The molecule has 0 N–H and O–H groups in total. The van der Waals surface area contributed by atoms with E-state index in [0.29, 0.717) is 23.2 Å². The maximum atomic E-state index is 12.5. The molecule has 0 fully saturated rings. The fourth-order valence-electron chi connectivity index (χ4n) is 2.05. The second-order valence-electron chi connectivity index (χ2n) is 4.85. The number of carbonyl (C=O) groups is 2. The lowest BCUT2D eigenvalue weighted by Gasteiger charge is -2.03. The Labute approximate surface area is 152 Å². The predicted molar refractivity (Wildman–Crippen MR) is 101 cm³/mol. The Hall–Kier alpha value is -1.59. The van der Waals surface area contributed by atoms with Gasteiger partial charge in [0.2, 0.25) is 5.78 Å². The maximum absolute atomic E-state index is 12.5. The van der Waals surface area contributed by atoms with Crippen LogP contribution in [0.1, 0.15) is 18.9 Å². The summed E-state index contributed by atoms with van der Waals surface area (Å²) < 4.78 is 1.68. The first-order valence-electron chi connectivity index (χ1n) is 7.14. The average Bonchev–Trinajstić information content (AvgIpc) is 2.68. The Bertz CT molecular complexity index is 741. The van der Waals surface area contributed by atoms with Crippen molar-refractivity contribution in [1.82, 2.24) is 0 Å². The predicted octanol–water partition coefficient (Wildman–Crippen LogP) is 4.67. The number of rotatable bonds is 4. The van der Waals surface area contributed by atoms with Crippen molar-refractivity contribution in [2.75, 3.05) is 6.54 Å². The third-order valence-electron chi connectivity index (χ3n) is 3.19. The second-order valence-corrected chi connectivity index (χ2v) is 6.68.